The molecular weight excluding hydrogens is 380 g/mol. The van der Waals surface area contributed by atoms with Gasteiger partial charge in [-0.1, -0.05) is 28.1 Å². The monoisotopic (exact) mass is 400 g/mol. The minimum atomic E-state index is 0.0717. The minimum Gasteiger partial charge on any atom is -0.378 e. The van der Waals surface area contributed by atoms with Gasteiger partial charge in [0.05, 0.1) is 18.9 Å². The van der Waals surface area contributed by atoms with E-state index in [1.807, 2.05) is 24.5 Å². The predicted octanol–water partition coefficient (Wildman–Crippen LogP) is 3.69. The van der Waals surface area contributed by atoms with Gasteiger partial charge in [0.15, 0.2) is 0 Å². The highest BCUT2D eigenvalue weighted by Crippen LogP contribution is 2.26. The summed E-state index contributed by atoms with van der Waals surface area (Å²) in [4.78, 5) is 2.37. The molecule has 0 spiro atoms. The lowest BCUT2D eigenvalue weighted by atomic mass is 10.1. The number of nitrogens with one attached hydrogen (secondary N) is 2. The Labute approximate surface area is 156 Å². The molecule has 0 amide bonds. The van der Waals surface area contributed by atoms with Crippen molar-refractivity contribution in [1.82, 2.24) is 10.3 Å². The van der Waals surface area contributed by atoms with Crippen LogP contribution in [-0.2, 0) is 4.74 Å². The van der Waals surface area contributed by atoms with Crippen LogP contribution in [0.5, 0.6) is 0 Å². The maximum atomic E-state index is 5.43. The first-order valence-corrected chi connectivity index (χ1v) is 9.25. The summed E-state index contributed by atoms with van der Waals surface area (Å²) >= 11 is 3.47. The number of hydrazine groups is 1. The second kappa shape index (κ2) is 7.37. The van der Waals surface area contributed by atoms with E-state index in [2.05, 4.69) is 73.0 Å². The number of nitrogens with zero attached hydrogens (tertiary/aromatic N) is 2. The Morgan fingerprint density at radius 1 is 1.00 bits per heavy atom. The van der Waals surface area contributed by atoms with Crippen molar-refractivity contribution in [3.63, 3.8) is 0 Å². The number of anilines is 2. The number of halogens is 1. The van der Waals surface area contributed by atoms with E-state index in [1.165, 1.54) is 11.3 Å². The second-order valence-electron chi connectivity index (χ2n) is 6.10. The fourth-order valence-electron chi connectivity index (χ4n) is 3.10. The van der Waals surface area contributed by atoms with Gasteiger partial charge in [-0.05, 0) is 42.0 Å². The van der Waals surface area contributed by atoms with Crippen LogP contribution in [0.1, 0.15) is 11.7 Å². The van der Waals surface area contributed by atoms with Gasteiger partial charge in [-0.2, -0.15) is 0 Å². The zero-order chi connectivity index (χ0) is 17.1. The molecule has 0 saturated carbocycles. The Morgan fingerprint density at radius 2 is 1.72 bits per heavy atom. The third kappa shape index (κ3) is 3.75. The van der Waals surface area contributed by atoms with Crippen LogP contribution < -0.4 is 15.6 Å². The Hall–Kier alpha value is -2.18. The number of hydrogen-bond acceptors (Lipinski definition) is 5. The number of morpholine rings is 1. The average Bonchev–Trinajstić information content (AvgIpc) is 3.13. The highest BCUT2D eigenvalue weighted by molar-refractivity contribution is 9.10. The van der Waals surface area contributed by atoms with Crippen molar-refractivity contribution in [3.8, 4) is 0 Å². The van der Waals surface area contributed by atoms with E-state index in [1.54, 1.807) is 0 Å². The molecule has 1 saturated heterocycles. The van der Waals surface area contributed by atoms with Crippen LogP contribution in [0.25, 0.3) is 0 Å². The Bertz CT molecular complexity index is 726. The van der Waals surface area contributed by atoms with Crippen molar-refractivity contribution >= 4 is 27.3 Å². The lowest BCUT2D eigenvalue weighted by molar-refractivity contribution is 0.122. The second-order valence-corrected chi connectivity index (χ2v) is 7.02. The summed E-state index contributed by atoms with van der Waals surface area (Å²) in [5.41, 5.74) is 6.95. The van der Waals surface area contributed by atoms with E-state index in [9.17, 15) is 0 Å². The van der Waals surface area contributed by atoms with Crippen LogP contribution in [0.3, 0.4) is 0 Å². The Kier molecular flexibility index (Phi) is 4.81. The largest absolute Gasteiger partial charge is 0.378 e. The van der Waals surface area contributed by atoms with Gasteiger partial charge in [0.1, 0.15) is 6.17 Å². The number of ether oxygens (including phenoxy) is 1. The third-order valence-corrected chi connectivity index (χ3v) is 4.98. The summed E-state index contributed by atoms with van der Waals surface area (Å²) in [5, 5.41) is 5.47. The molecule has 5 nitrogen and oxygen atoms in total. The van der Waals surface area contributed by atoms with Gasteiger partial charge in [0, 0.05) is 35.6 Å². The van der Waals surface area contributed by atoms with Crippen molar-refractivity contribution < 1.29 is 4.74 Å². The van der Waals surface area contributed by atoms with Crippen LogP contribution in [0, 0.1) is 0 Å². The first-order valence-electron chi connectivity index (χ1n) is 8.45. The number of rotatable bonds is 4. The predicted molar refractivity (Wildman–Crippen MR) is 104 cm³/mol. The van der Waals surface area contributed by atoms with Gasteiger partial charge in [-0.15, -0.1) is 0 Å². The number of hydrogen-bond donors (Lipinski definition) is 2. The molecule has 0 bridgehead atoms. The van der Waals surface area contributed by atoms with E-state index in [-0.39, 0.29) is 6.17 Å². The molecule has 25 heavy (non-hydrogen) atoms. The van der Waals surface area contributed by atoms with Gasteiger partial charge in [0.25, 0.3) is 0 Å². The summed E-state index contributed by atoms with van der Waals surface area (Å²) in [5.74, 6) is 0. The zero-order valence-electron chi connectivity index (χ0n) is 13.9. The average molecular weight is 401 g/mol. The van der Waals surface area contributed by atoms with Crippen molar-refractivity contribution in [2.45, 2.75) is 6.17 Å². The number of benzene rings is 2. The molecule has 2 aliphatic heterocycles. The molecule has 1 unspecified atom stereocenters. The van der Waals surface area contributed by atoms with E-state index in [4.69, 9.17) is 4.74 Å². The maximum absolute atomic E-state index is 5.43. The Balaban J connectivity index is 1.45. The zero-order valence-corrected chi connectivity index (χ0v) is 15.4. The molecule has 0 radical (unpaired) electrons. The van der Waals surface area contributed by atoms with E-state index < -0.39 is 0 Å². The third-order valence-electron chi connectivity index (χ3n) is 4.45. The molecule has 4 rings (SSSR count). The molecule has 0 aromatic heterocycles. The van der Waals surface area contributed by atoms with E-state index >= 15 is 0 Å². The van der Waals surface area contributed by atoms with Crippen LogP contribution in [0.2, 0.25) is 0 Å². The standard InChI is InChI=1S/C19H21BrN4O/c20-16-3-5-17(6-4-16)22-24-10-9-21-19(24)15-1-7-18(8-2-15)23-11-13-25-14-12-23/h1-10,19,21-22H,11-14H2. The molecule has 2 aromatic rings. The van der Waals surface area contributed by atoms with Crippen molar-refractivity contribution in [2.75, 3.05) is 36.6 Å². The molecule has 130 valence electrons. The maximum Gasteiger partial charge on any atom is 0.144 e. The lowest BCUT2D eigenvalue weighted by Crippen LogP contribution is -2.36. The fourth-order valence-corrected chi connectivity index (χ4v) is 3.37. The SMILES string of the molecule is Brc1ccc(NN2C=CNC2c2ccc(N3CCOCC3)cc2)cc1. The molecule has 2 aromatic carbocycles. The van der Waals surface area contributed by atoms with Crippen molar-refractivity contribution in [2.24, 2.45) is 0 Å². The topological polar surface area (TPSA) is 39.8 Å². The normalized spacial score (nSPS) is 19.8. The van der Waals surface area contributed by atoms with Crippen LogP contribution in [0.15, 0.2) is 65.4 Å². The molecule has 6 heteroatoms. The quantitative estimate of drug-likeness (QED) is 0.818. The fraction of sp³-hybridized carbons (Fsp3) is 0.263. The smallest absolute Gasteiger partial charge is 0.144 e. The molecule has 1 fully saturated rings. The highest BCUT2D eigenvalue weighted by Gasteiger charge is 2.21. The molecule has 1 atom stereocenters. The summed E-state index contributed by atoms with van der Waals surface area (Å²) in [7, 11) is 0. The molecule has 2 heterocycles. The van der Waals surface area contributed by atoms with Gasteiger partial charge < -0.3 is 15.0 Å². The first kappa shape index (κ1) is 16.3. The Morgan fingerprint density at radius 3 is 2.44 bits per heavy atom. The molecule has 2 aliphatic rings. The van der Waals surface area contributed by atoms with Crippen LogP contribution >= 0.6 is 15.9 Å². The van der Waals surface area contributed by atoms with E-state index in [0.717, 1.165) is 36.5 Å². The van der Waals surface area contributed by atoms with Crippen LogP contribution in [-0.4, -0.2) is 31.3 Å². The summed E-state index contributed by atoms with van der Waals surface area (Å²) in [6.07, 6.45) is 4.05. The van der Waals surface area contributed by atoms with Gasteiger partial charge >= 0.3 is 0 Å². The molecular formula is C19H21BrN4O. The lowest BCUT2D eigenvalue weighted by Gasteiger charge is -2.30. The van der Waals surface area contributed by atoms with E-state index in [0.29, 0.717) is 0 Å². The molecule has 2 N–H and O–H groups in total. The first-order chi connectivity index (χ1) is 12.3. The summed E-state index contributed by atoms with van der Waals surface area (Å²) in [6.45, 7) is 3.53. The van der Waals surface area contributed by atoms with Gasteiger partial charge in [-0.25, -0.2) is 0 Å². The minimum absolute atomic E-state index is 0.0717. The van der Waals surface area contributed by atoms with Gasteiger partial charge in [-0.3, -0.25) is 10.4 Å². The van der Waals surface area contributed by atoms with Crippen molar-refractivity contribution in [3.05, 3.63) is 71.0 Å². The van der Waals surface area contributed by atoms with Gasteiger partial charge in [0.2, 0.25) is 0 Å². The summed E-state index contributed by atoms with van der Waals surface area (Å²) < 4.78 is 6.50. The molecule has 0 aliphatic carbocycles. The van der Waals surface area contributed by atoms with Crippen molar-refractivity contribution in [1.29, 1.82) is 0 Å². The van der Waals surface area contributed by atoms with Crippen LogP contribution in [0.4, 0.5) is 11.4 Å². The highest BCUT2D eigenvalue weighted by atomic mass is 79.9. The summed E-state index contributed by atoms with van der Waals surface area (Å²) in [6, 6.07) is 16.9.